The Morgan fingerprint density at radius 2 is 2.06 bits per heavy atom. The fourth-order valence-electron chi connectivity index (χ4n) is 2.14. The molecule has 4 nitrogen and oxygen atoms in total. The molecule has 4 heteroatoms. The summed E-state index contributed by atoms with van der Waals surface area (Å²) < 4.78 is 0. The van der Waals surface area contributed by atoms with Crippen molar-refractivity contribution in [1.82, 2.24) is 10.2 Å². The van der Waals surface area contributed by atoms with Gasteiger partial charge in [0, 0.05) is 12.6 Å². The fraction of sp³-hybridized carbons (Fsp3) is 0.929. The van der Waals surface area contributed by atoms with Crippen molar-refractivity contribution in [1.29, 1.82) is 0 Å². The van der Waals surface area contributed by atoms with Crippen molar-refractivity contribution < 1.29 is 4.79 Å². The van der Waals surface area contributed by atoms with Crippen LogP contribution in [0.2, 0.25) is 0 Å². The number of carbonyl (C=O) groups excluding carboxylic acids is 1. The molecule has 0 aromatic heterocycles. The number of amides is 1. The largest absolute Gasteiger partial charge is 0.368 e. The number of carbonyl (C=O) groups is 1. The average Bonchev–Trinajstić information content (AvgIpc) is 3.13. The minimum atomic E-state index is -0.541. The highest BCUT2D eigenvalue weighted by Crippen LogP contribution is 2.24. The molecule has 1 amide bonds. The summed E-state index contributed by atoms with van der Waals surface area (Å²) in [5.41, 5.74) is 5.01. The third-order valence-electron chi connectivity index (χ3n) is 3.85. The molecule has 106 valence electrons. The smallest absolute Gasteiger partial charge is 0.237 e. The zero-order valence-electron chi connectivity index (χ0n) is 12.2. The normalized spacial score (nSPS) is 18.9. The summed E-state index contributed by atoms with van der Waals surface area (Å²) in [5.74, 6) is -0.221. The van der Waals surface area contributed by atoms with Gasteiger partial charge in [-0.3, -0.25) is 4.79 Å². The molecule has 0 aromatic carbocycles. The van der Waals surface area contributed by atoms with Crippen LogP contribution in [0.25, 0.3) is 0 Å². The number of nitrogens with two attached hydrogens (primary N) is 1. The van der Waals surface area contributed by atoms with E-state index >= 15 is 0 Å². The summed E-state index contributed by atoms with van der Waals surface area (Å²) >= 11 is 0. The van der Waals surface area contributed by atoms with E-state index in [1.807, 2.05) is 6.92 Å². The van der Waals surface area contributed by atoms with Crippen LogP contribution in [0.5, 0.6) is 0 Å². The third kappa shape index (κ3) is 4.94. The van der Waals surface area contributed by atoms with E-state index in [-0.39, 0.29) is 5.91 Å². The van der Waals surface area contributed by atoms with Gasteiger partial charge in [-0.1, -0.05) is 20.3 Å². The molecule has 1 unspecified atom stereocenters. The van der Waals surface area contributed by atoms with E-state index in [4.69, 9.17) is 5.73 Å². The molecule has 0 bridgehead atoms. The number of nitrogens with one attached hydrogen (secondary N) is 1. The van der Waals surface area contributed by atoms with Crippen LogP contribution in [0.4, 0.5) is 0 Å². The van der Waals surface area contributed by atoms with E-state index in [0.29, 0.717) is 6.04 Å². The van der Waals surface area contributed by atoms with Gasteiger partial charge in [0.1, 0.15) is 0 Å². The maximum Gasteiger partial charge on any atom is 0.237 e. The Labute approximate surface area is 111 Å². The predicted molar refractivity (Wildman–Crippen MR) is 75.4 cm³/mol. The lowest BCUT2D eigenvalue weighted by Crippen LogP contribution is -2.55. The van der Waals surface area contributed by atoms with Crippen molar-refractivity contribution in [3.8, 4) is 0 Å². The molecule has 0 spiro atoms. The highest BCUT2D eigenvalue weighted by molar-refractivity contribution is 5.84. The van der Waals surface area contributed by atoms with Gasteiger partial charge in [0.25, 0.3) is 0 Å². The van der Waals surface area contributed by atoms with Gasteiger partial charge < -0.3 is 16.0 Å². The van der Waals surface area contributed by atoms with E-state index < -0.39 is 5.54 Å². The maximum atomic E-state index is 11.6. The molecule has 0 aliphatic heterocycles. The van der Waals surface area contributed by atoms with E-state index in [2.05, 4.69) is 24.1 Å². The van der Waals surface area contributed by atoms with Crippen LogP contribution >= 0.6 is 0 Å². The molecule has 0 saturated heterocycles. The predicted octanol–water partition coefficient (Wildman–Crippen LogP) is 1.49. The second-order valence-electron chi connectivity index (χ2n) is 5.65. The molecule has 3 N–H and O–H groups in total. The van der Waals surface area contributed by atoms with Gasteiger partial charge in [0.05, 0.1) is 5.54 Å². The van der Waals surface area contributed by atoms with Crippen molar-refractivity contribution in [3.05, 3.63) is 0 Å². The Morgan fingerprint density at radius 1 is 1.39 bits per heavy atom. The van der Waals surface area contributed by atoms with E-state index in [1.54, 1.807) is 0 Å². The van der Waals surface area contributed by atoms with Crippen LogP contribution in [0.1, 0.15) is 52.9 Å². The summed E-state index contributed by atoms with van der Waals surface area (Å²) in [6, 6.07) is 0.508. The molecule has 1 aliphatic rings. The zero-order chi connectivity index (χ0) is 13.6. The number of primary amides is 1. The van der Waals surface area contributed by atoms with Crippen LogP contribution in [0.15, 0.2) is 0 Å². The first-order chi connectivity index (χ1) is 8.51. The van der Waals surface area contributed by atoms with Gasteiger partial charge in [-0.05, 0) is 45.7 Å². The van der Waals surface area contributed by atoms with Gasteiger partial charge in [-0.25, -0.2) is 0 Å². The van der Waals surface area contributed by atoms with Crippen LogP contribution < -0.4 is 11.1 Å². The molecular weight excluding hydrogens is 226 g/mol. The van der Waals surface area contributed by atoms with Gasteiger partial charge in [-0.15, -0.1) is 0 Å². The second-order valence-corrected chi connectivity index (χ2v) is 5.65. The van der Waals surface area contributed by atoms with Gasteiger partial charge in [0.15, 0.2) is 0 Å². The first-order valence-corrected chi connectivity index (χ1v) is 7.31. The van der Waals surface area contributed by atoms with Crippen molar-refractivity contribution in [2.45, 2.75) is 64.5 Å². The Hall–Kier alpha value is -0.610. The lowest BCUT2D eigenvalue weighted by Gasteiger charge is -2.30. The molecule has 1 saturated carbocycles. The Kier molecular flexibility index (Phi) is 6.09. The number of hydrogen-bond acceptors (Lipinski definition) is 3. The average molecular weight is 255 g/mol. The SMILES string of the molecule is CCCCN(CC)CCC(C)(NC1CC1)C(N)=O. The highest BCUT2D eigenvalue weighted by Gasteiger charge is 2.36. The van der Waals surface area contributed by atoms with Crippen LogP contribution in [0, 0.1) is 0 Å². The molecular formula is C14H29N3O. The van der Waals surface area contributed by atoms with Crippen molar-refractivity contribution in [2.75, 3.05) is 19.6 Å². The van der Waals surface area contributed by atoms with Crippen LogP contribution in [0.3, 0.4) is 0 Å². The van der Waals surface area contributed by atoms with E-state index in [0.717, 1.165) is 26.1 Å². The molecule has 0 heterocycles. The topological polar surface area (TPSA) is 58.4 Å². The van der Waals surface area contributed by atoms with Gasteiger partial charge >= 0.3 is 0 Å². The van der Waals surface area contributed by atoms with E-state index in [9.17, 15) is 4.79 Å². The summed E-state index contributed by atoms with van der Waals surface area (Å²) in [5, 5.41) is 3.40. The molecule has 1 aliphatic carbocycles. The van der Waals surface area contributed by atoms with Crippen molar-refractivity contribution >= 4 is 5.91 Å². The molecule has 0 radical (unpaired) electrons. The Balaban J connectivity index is 2.41. The van der Waals surface area contributed by atoms with Crippen molar-refractivity contribution in [3.63, 3.8) is 0 Å². The minimum Gasteiger partial charge on any atom is -0.368 e. The summed E-state index contributed by atoms with van der Waals surface area (Å²) in [6.45, 7) is 9.42. The highest BCUT2D eigenvalue weighted by atomic mass is 16.1. The van der Waals surface area contributed by atoms with E-state index in [1.165, 1.54) is 25.7 Å². The standard InChI is InChI=1S/C14H29N3O/c1-4-6-10-17(5-2)11-9-14(3,13(15)18)16-12-7-8-12/h12,16H,4-11H2,1-3H3,(H2,15,18). The molecule has 1 fully saturated rings. The number of nitrogens with zero attached hydrogens (tertiary/aromatic N) is 1. The first-order valence-electron chi connectivity index (χ1n) is 7.31. The van der Waals surface area contributed by atoms with Gasteiger partial charge in [0.2, 0.25) is 5.91 Å². The fourth-order valence-corrected chi connectivity index (χ4v) is 2.14. The zero-order valence-corrected chi connectivity index (χ0v) is 12.2. The third-order valence-corrected chi connectivity index (χ3v) is 3.85. The Bertz CT molecular complexity index is 266. The Morgan fingerprint density at radius 3 is 2.50 bits per heavy atom. The summed E-state index contributed by atoms with van der Waals surface area (Å²) in [6.07, 6.45) is 5.59. The quantitative estimate of drug-likeness (QED) is 0.622. The lowest BCUT2D eigenvalue weighted by molar-refractivity contribution is -0.124. The molecule has 1 atom stereocenters. The number of rotatable bonds is 10. The molecule has 1 rings (SSSR count). The molecule has 0 aromatic rings. The monoisotopic (exact) mass is 255 g/mol. The maximum absolute atomic E-state index is 11.6. The summed E-state index contributed by atoms with van der Waals surface area (Å²) in [7, 11) is 0. The first kappa shape index (κ1) is 15.4. The number of hydrogen-bond donors (Lipinski definition) is 2. The van der Waals surface area contributed by atoms with Crippen LogP contribution in [-0.2, 0) is 4.79 Å². The second kappa shape index (κ2) is 7.10. The number of unbranched alkanes of at least 4 members (excludes halogenated alkanes) is 1. The minimum absolute atomic E-state index is 0.221. The van der Waals surface area contributed by atoms with Crippen LogP contribution in [-0.4, -0.2) is 42.0 Å². The van der Waals surface area contributed by atoms with Gasteiger partial charge in [-0.2, -0.15) is 0 Å². The van der Waals surface area contributed by atoms with Crippen molar-refractivity contribution in [2.24, 2.45) is 5.73 Å². The summed E-state index contributed by atoms with van der Waals surface area (Å²) in [4.78, 5) is 14.0. The molecule has 18 heavy (non-hydrogen) atoms. The lowest BCUT2D eigenvalue weighted by atomic mass is 9.96.